The standard InChI is InChI=1S/C18H38N6O.HI/c1-15(2)24(16(3)4)10-8-21-18(19-6)20-7-9-22-11-13-23(14-12-22)17(5)25;/h15-16H,7-14H2,1-6H3,(H2,19,20,21);1H. The summed E-state index contributed by atoms with van der Waals surface area (Å²) < 4.78 is 0. The van der Waals surface area contributed by atoms with Crippen molar-refractivity contribution >= 4 is 35.8 Å². The van der Waals surface area contributed by atoms with Crippen LogP contribution in [-0.2, 0) is 4.79 Å². The average molecular weight is 482 g/mol. The van der Waals surface area contributed by atoms with Crippen LogP contribution in [0.5, 0.6) is 0 Å². The molecule has 1 saturated heterocycles. The normalized spacial score (nSPS) is 16.2. The van der Waals surface area contributed by atoms with Crippen molar-refractivity contribution in [1.29, 1.82) is 0 Å². The molecule has 1 aliphatic rings. The van der Waals surface area contributed by atoms with Gasteiger partial charge in [-0.3, -0.25) is 19.6 Å². The van der Waals surface area contributed by atoms with Crippen LogP contribution in [0, 0.1) is 0 Å². The molecular formula is C18H39IN6O. The van der Waals surface area contributed by atoms with Gasteiger partial charge in [0.2, 0.25) is 5.91 Å². The number of carbonyl (C=O) groups excluding carboxylic acids is 1. The lowest BCUT2D eigenvalue weighted by Crippen LogP contribution is -2.50. The Balaban J connectivity index is 0.00000625. The first kappa shape index (κ1) is 25.4. The number of carbonyl (C=O) groups is 1. The van der Waals surface area contributed by atoms with Gasteiger partial charge in [0.25, 0.3) is 0 Å². The fourth-order valence-electron chi connectivity index (χ4n) is 3.26. The van der Waals surface area contributed by atoms with Crippen LogP contribution in [0.1, 0.15) is 34.6 Å². The first-order valence-electron chi connectivity index (χ1n) is 9.53. The number of rotatable bonds is 8. The molecule has 0 unspecified atom stereocenters. The van der Waals surface area contributed by atoms with Crippen LogP contribution in [-0.4, -0.2) is 98.1 Å². The highest BCUT2D eigenvalue weighted by Crippen LogP contribution is 2.03. The highest BCUT2D eigenvalue weighted by molar-refractivity contribution is 14.0. The summed E-state index contributed by atoms with van der Waals surface area (Å²) in [5, 5.41) is 6.78. The smallest absolute Gasteiger partial charge is 0.219 e. The second-order valence-corrected chi connectivity index (χ2v) is 7.20. The summed E-state index contributed by atoms with van der Waals surface area (Å²) in [4.78, 5) is 22.4. The van der Waals surface area contributed by atoms with E-state index in [0.717, 1.165) is 58.3 Å². The number of amides is 1. The maximum Gasteiger partial charge on any atom is 0.219 e. The molecule has 0 saturated carbocycles. The summed E-state index contributed by atoms with van der Waals surface area (Å²) in [6, 6.07) is 1.09. The second kappa shape index (κ2) is 13.5. The van der Waals surface area contributed by atoms with Crippen molar-refractivity contribution in [2.24, 2.45) is 4.99 Å². The molecule has 154 valence electrons. The van der Waals surface area contributed by atoms with Gasteiger partial charge in [0.15, 0.2) is 5.96 Å². The Morgan fingerprint density at radius 3 is 2.04 bits per heavy atom. The topological polar surface area (TPSA) is 63.2 Å². The van der Waals surface area contributed by atoms with Crippen molar-refractivity contribution in [3.8, 4) is 0 Å². The summed E-state index contributed by atoms with van der Waals surface area (Å²) >= 11 is 0. The number of nitrogens with zero attached hydrogens (tertiary/aromatic N) is 4. The Hall–Kier alpha value is -0.610. The monoisotopic (exact) mass is 482 g/mol. The lowest BCUT2D eigenvalue weighted by Gasteiger charge is -2.34. The molecule has 7 nitrogen and oxygen atoms in total. The highest BCUT2D eigenvalue weighted by Gasteiger charge is 2.18. The summed E-state index contributed by atoms with van der Waals surface area (Å²) in [6.45, 7) is 17.9. The Bertz CT molecular complexity index is 414. The SMILES string of the molecule is CN=C(NCCN1CCN(C(C)=O)CC1)NCCN(C(C)C)C(C)C.I. The predicted molar refractivity (Wildman–Crippen MR) is 120 cm³/mol. The maximum atomic E-state index is 11.3. The molecule has 0 aromatic heterocycles. The number of guanidine groups is 1. The fraction of sp³-hybridized carbons (Fsp3) is 0.889. The molecule has 1 rings (SSSR count). The molecule has 1 heterocycles. The van der Waals surface area contributed by atoms with Gasteiger partial charge in [0.05, 0.1) is 0 Å². The van der Waals surface area contributed by atoms with E-state index in [1.54, 1.807) is 6.92 Å². The summed E-state index contributed by atoms with van der Waals surface area (Å²) in [5.74, 6) is 1.04. The Morgan fingerprint density at radius 1 is 1.04 bits per heavy atom. The molecule has 0 aliphatic carbocycles. The number of hydrogen-bond donors (Lipinski definition) is 2. The summed E-state index contributed by atoms with van der Waals surface area (Å²) in [6.07, 6.45) is 0. The molecule has 1 amide bonds. The molecule has 1 aliphatic heterocycles. The van der Waals surface area contributed by atoms with Crippen molar-refractivity contribution in [2.75, 3.05) is 59.4 Å². The number of halogens is 1. The third-order valence-electron chi connectivity index (χ3n) is 4.75. The van der Waals surface area contributed by atoms with Gasteiger partial charge in [-0.05, 0) is 27.7 Å². The van der Waals surface area contributed by atoms with Gasteiger partial charge in [-0.15, -0.1) is 24.0 Å². The van der Waals surface area contributed by atoms with Crippen LogP contribution < -0.4 is 10.6 Å². The van der Waals surface area contributed by atoms with Crippen LogP contribution >= 0.6 is 24.0 Å². The van der Waals surface area contributed by atoms with Crippen molar-refractivity contribution in [3.63, 3.8) is 0 Å². The van der Waals surface area contributed by atoms with Crippen molar-refractivity contribution < 1.29 is 4.79 Å². The number of nitrogens with one attached hydrogen (secondary N) is 2. The van der Waals surface area contributed by atoms with E-state index in [2.05, 4.69) is 53.1 Å². The minimum Gasteiger partial charge on any atom is -0.355 e. The van der Waals surface area contributed by atoms with E-state index >= 15 is 0 Å². The third kappa shape index (κ3) is 9.36. The van der Waals surface area contributed by atoms with Gasteiger partial charge in [-0.25, -0.2) is 0 Å². The summed E-state index contributed by atoms with van der Waals surface area (Å²) in [7, 11) is 1.81. The maximum absolute atomic E-state index is 11.3. The minimum atomic E-state index is 0. The second-order valence-electron chi connectivity index (χ2n) is 7.20. The molecule has 2 N–H and O–H groups in total. The van der Waals surface area contributed by atoms with Gasteiger partial charge in [-0.1, -0.05) is 0 Å². The Kier molecular flexibility index (Phi) is 13.2. The lowest BCUT2D eigenvalue weighted by molar-refractivity contribution is -0.130. The number of hydrogen-bond acceptors (Lipinski definition) is 4. The van der Waals surface area contributed by atoms with E-state index in [0.29, 0.717) is 12.1 Å². The van der Waals surface area contributed by atoms with Gasteiger partial charge in [0.1, 0.15) is 0 Å². The molecule has 26 heavy (non-hydrogen) atoms. The highest BCUT2D eigenvalue weighted by atomic mass is 127. The molecule has 1 fully saturated rings. The summed E-state index contributed by atoms with van der Waals surface area (Å²) in [5.41, 5.74) is 0. The molecule has 0 bridgehead atoms. The molecule has 0 aromatic rings. The van der Waals surface area contributed by atoms with Crippen LogP contribution in [0.4, 0.5) is 0 Å². The van der Waals surface area contributed by atoms with E-state index in [1.165, 1.54) is 0 Å². The van der Waals surface area contributed by atoms with Crippen LogP contribution in [0.15, 0.2) is 4.99 Å². The molecule has 0 radical (unpaired) electrons. The van der Waals surface area contributed by atoms with Gasteiger partial charge < -0.3 is 15.5 Å². The quantitative estimate of drug-likeness (QED) is 0.308. The van der Waals surface area contributed by atoms with Gasteiger partial charge in [0, 0.05) is 78.4 Å². The van der Waals surface area contributed by atoms with Gasteiger partial charge >= 0.3 is 0 Å². The van der Waals surface area contributed by atoms with Crippen LogP contribution in [0.3, 0.4) is 0 Å². The van der Waals surface area contributed by atoms with E-state index in [9.17, 15) is 4.79 Å². The van der Waals surface area contributed by atoms with Gasteiger partial charge in [-0.2, -0.15) is 0 Å². The van der Waals surface area contributed by atoms with E-state index in [-0.39, 0.29) is 29.9 Å². The predicted octanol–water partition coefficient (Wildman–Crippen LogP) is 1.05. The molecule has 8 heteroatoms. The largest absolute Gasteiger partial charge is 0.355 e. The van der Waals surface area contributed by atoms with E-state index in [1.807, 2.05) is 11.9 Å². The first-order chi connectivity index (χ1) is 11.8. The Labute approximate surface area is 177 Å². The molecule has 0 aromatic carbocycles. The Morgan fingerprint density at radius 2 is 1.58 bits per heavy atom. The zero-order valence-electron chi connectivity index (χ0n) is 17.4. The van der Waals surface area contributed by atoms with Crippen molar-refractivity contribution in [1.82, 2.24) is 25.3 Å². The molecule has 0 spiro atoms. The number of piperazine rings is 1. The average Bonchev–Trinajstić information content (AvgIpc) is 2.56. The van der Waals surface area contributed by atoms with Crippen LogP contribution in [0.25, 0.3) is 0 Å². The lowest BCUT2D eigenvalue weighted by atomic mass is 10.2. The van der Waals surface area contributed by atoms with Crippen molar-refractivity contribution in [3.05, 3.63) is 0 Å². The minimum absolute atomic E-state index is 0. The first-order valence-corrected chi connectivity index (χ1v) is 9.53. The third-order valence-corrected chi connectivity index (χ3v) is 4.75. The zero-order chi connectivity index (χ0) is 18.8. The number of aliphatic imine (C=N–C) groups is 1. The zero-order valence-corrected chi connectivity index (χ0v) is 19.7. The van der Waals surface area contributed by atoms with E-state index < -0.39 is 0 Å². The van der Waals surface area contributed by atoms with Crippen LogP contribution in [0.2, 0.25) is 0 Å². The molecule has 0 atom stereocenters. The molecular weight excluding hydrogens is 443 g/mol. The van der Waals surface area contributed by atoms with E-state index in [4.69, 9.17) is 0 Å². The fourth-order valence-corrected chi connectivity index (χ4v) is 3.26. The van der Waals surface area contributed by atoms with Crippen molar-refractivity contribution in [2.45, 2.75) is 46.7 Å².